The number of aromatic nitrogens is 2. The van der Waals surface area contributed by atoms with Crippen molar-refractivity contribution in [1.29, 1.82) is 0 Å². The standard InChI is InChI=1S/C28H35N7O2/c1-2-37-24-6-4-3-5-22(24)33-23-17-26(32-19-21(23)27(29)36)34-25-8-7-20(18-31-25)35-15-11-28(12-16-35)9-13-30-14-10-28/h3-8,17-19,30H,2,9-16H2,1H3,(H2,29,36)(H2,31,32,33,34). The quantitative estimate of drug-likeness (QED) is 0.358. The van der Waals surface area contributed by atoms with E-state index in [2.05, 4.69) is 36.9 Å². The summed E-state index contributed by atoms with van der Waals surface area (Å²) in [4.78, 5) is 23.5. The molecule has 5 rings (SSSR count). The number of ether oxygens (including phenoxy) is 1. The summed E-state index contributed by atoms with van der Waals surface area (Å²) in [6.07, 6.45) is 8.45. The van der Waals surface area contributed by atoms with Gasteiger partial charge < -0.3 is 31.3 Å². The van der Waals surface area contributed by atoms with Gasteiger partial charge in [0.15, 0.2) is 0 Å². The maximum Gasteiger partial charge on any atom is 0.252 e. The largest absolute Gasteiger partial charge is 0.492 e. The number of anilines is 5. The molecule has 9 heteroatoms. The lowest BCUT2D eigenvalue weighted by Crippen LogP contribution is -2.45. The van der Waals surface area contributed by atoms with E-state index < -0.39 is 5.91 Å². The number of pyridine rings is 2. The van der Waals surface area contributed by atoms with Crippen LogP contribution in [0.2, 0.25) is 0 Å². The smallest absolute Gasteiger partial charge is 0.252 e. The SMILES string of the molecule is CCOc1ccccc1Nc1cc(Nc2ccc(N3CCC4(CCNCC4)CC3)cn2)ncc1C(N)=O. The van der Waals surface area contributed by atoms with E-state index in [1.165, 1.54) is 31.9 Å². The van der Waals surface area contributed by atoms with E-state index in [1.807, 2.05) is 43.5 Å². The second-order valence-corrected chi connectivity index (χ2v) is 9.80. The Balaban J connectivity index is 1.28. The van der Waals surface area contributed by atoms with Crippen molar-refractivity contribution in [2.24, 2.45) is 11.1 Å². The van der Waals surface area contributed by atoms with Gasteiger partial charge in [-0.3, -0.25) is 4.79 Å². The molecule has 4 heterocycles. The van der Waals surface area contributed by atoms with Gasteiger partial charge >= 0.3 is 0 Å². The first kappa shape index (κ1) is 24.8. The first-order valence-electron chi connectivity index (χ1n) is 13.0. The van der Waals surface area contributed by atoms with E-state index in [9.17, 15) is 4.79 Å². The lowest BCUT2D eigenvalue weighted by atomic mass is 9.71. The number of benzene rings is 1. The first-order chi connectivity index (χ1) is 18.0. The van der Waals surface area contributed by atoms with Crippen LogP contribution < -0.4 is 31.3 Å². The average molecular weight is 502 g/mol. The molecule has 0 radical (unpaired) electrons. The normalized spacial score (nSPS) is 16.8. The Labute approximate surface area is 217 Å². The zero-order valence-corrected chi connectivity index (χ0v) is 21.3. The van der Waals surface area contributed by atoms with Crippen molar-refractivity contribution in [2.45, 2.75) is 32.6 Å². The van der Waals surface area contributed by atoms with Gasteiger partial charge in [-0.05, 0) is 75.4 Å². The fourth-order valence-electron chi connectivity index (χ4n) is 5.29. The molecule has 1 aromatic carbocycles. The van der Waals surface area contributed by atoms with Crippen molar-refractivity contribution >= 4 is 34.6 Å². The van der Waals surface area contributed by atoms with Gasteiger partial charge in [0.05, 0.1) is 35.4 Å². The number of para-hydroxylation sites is 2. The Kier molecular flexibility index (Phi) is 7.41. The highest BCUT2D eigenvalue weighted by molar-refractivity contribution is 5.99. The van der Waals surface area contributed by atoms with Crippen molar-refractivity contribution in [3.63, 3.8) is 0 Å². The monoisotopic (exact) mass is 501 g/mol. The number of hydrogen-bond acceptors (Lipinski definition) is 8. The third-order valence-corrected chi connectivity index (χ3v) is 7.48. The molecule has 2 aromatic heterocycles. The fourth-order valence-corrected chi connectivity index (χ4v) is 5.29. The summed E-state index contributed by atoms with van der Waals surface area (Å²) < 4.78 is 5.70. The summed E-state index contributed by atoms with van der Waals surface area (Å²) in [5.74, 6) is 1.35. The van der Waals surface area contributed by atoms with Gasteiger partial charge in [-0.15, -0.1) is 0 Å². The van der Waals surface area contributed by atoms with Gasteiger partial charge in [0.25, 0.3) is 5.91 Å². The number of nitrogens with one attached hydrogen (secondary N) is 3. The predicted molar refractivity (Wildman–Crippen MR) is 147 cm³/mol. The molecule has 1 amide bonds. The summed E-state index contributed by atoms with van der Waals surface area (Å²) in [6.45, 7) is 6.89. The van der Waals surface area contributed by atoms with Gasteiger partial charge in [-0.25, -0.2) is 9.97 Å². The molecular weight excluding hydrogens is 466 g/mol. The Bertz CT molecular complexity index is 1220. The van der Waals surface area contributed by atoms with E-state index in [0.717, 1.165) is 37.6 Å². The van der Waals surface area contributed by atoms with Crippen LogP contribution in [0, 0.1) is 5.41 Å². The molecule has 5 N–H and O–H groups in total. The lowest BCUT2D eigenvalue weighted by molar-refractivity contribution is 0.100. The Morgan fingerprint density at radius 1 is 1.00 bits per heavy atom. The molecule has 0 saturated carbocycles. The molecule has 2 aliphatic heterocycles. The number of nitrogens with two attached hydrogens (primary N) is 1. The van der Waals surface area contributed by atoms with Gasteiger partial charge in [0, 0.05) is 25.4 Å². The molecule has 2 saturated heterocycles. The van der Waals surface area contributed by atoms with Crippen LogP contribution in [0.4, 0.5) is 28.7 Å². The molecule has 3 aromatic rings. The van der Waals surface area contributed by atoms with Crippen LogP contribution in [0.25, 0.3) is 0 Å². The molecule has 37 heavy (non-hydrogen) atoms. The van der Waals surface area contributed by atoms with Gasteiger partial charge in [-0.1, -0.05) is 12.1 Å². The van der Waals surface area contributed by atoms with Crippen molar-refractivity contribution in [3.8, 4) is 5.75 Å². The third-order valence-electron chi connectivity index (χ3n) is 7.48. The highest BCUT2D eigenvalue weighted by Gasteiger charge is 2.35. The second-order valence-electron chi connectivity index (χ2n) is 9.80. The van der Waals surface area contributed by atoms with Crippen LogP contribution >= 0.6 is 0 Å². The number of hydrogen-bond donors (Lipinski definition) is 4. The molecule has 194 valence electrons. The molecule has 9 nitrogen and oxygen atoms in total. The summed E-state index contributed by atoms with van der Waals surface area (Å²) in [6, 6.07) is 13.4. The summed E-state index contributed by atoms with van der Waals surface area (Å²) in [5.41, 5.74) is 8.83. The zero-order valence-electron chi connectivity index (χ0n) is 21.3. The number of piperidine rings is 2. The van der Waals surface area contributed by atoms with Crippen LogP contribution in [-0.4, -0.2) is 48.7 Å². The van der Waals surface area contributed by atoms with Crippen molar-refractivity contribution in [2.75, 3.05) is 48.3 Å². The molecular formula is C28H35N7O2. The van der Waals surface area contributed by atoms with Crippen molar-refractivity contribution < 1.29 is 9.53 Å². The average Bonchev–Trinajstić information content (AvgIpc) is 2.91. The minimum atomic E-state index is -0.564. The number of carbonyl (C=O) groups is 1. The van der Waals surface area contributed by atoms with Crippen LogP contribution in [0.15, 0.2) is 54.9 Å². The van der Waals surface area contributed by atoms with Crippen LogP contribution in [0.5, 0.6) is 5.75 Å². The lowest BCUT2D eigenvalue weighted by Gasteiger charge is -2.45. The summed E-state index contributed by atoms with van der Waals surface area (Å²) in [7, 11) is 0. The van der Waals surface area contributed by atoms with Crippen molar-refractivity contribution in [3.05, 3.63) is 60.4 Å². The molecule has 1 spiro atoms. The van der Waals surface area contributed by atoms with Gasteiger partial charge in [-0.2, -0.15) is 0 Å². The van der Waals surface area contributed by atoms with E-state index in [4.69, 9.17) is 10.5 Å². The third kappa shape index (κ3) is 5.77. The Morgan fingerprint density at radius 2 is 1.76 bits per heavy atom. The molecule has 0 bridgehead atoms. The zero-order chi connectivity index (χ0) is 25.7. The van der Waals surface area contributed by atoms with E-state index >= 15 is 0 Å². The predicted octanol–water partition coefficient (Wildman–Crippen LogP) is 4.43. The maximum atomic E-state index is 12.0. The number of carbonyl (C=O) groups excluding carboxylic acids is 1. The van der Waals surface area contributed by atoms with Crippen molar-refractivity contribution in [1.82, 2.24) is 15.3 Å². The number of primary amides is 1. The number of nitrogens with zero attached hydrogens (tertiary/aromatic N) is 3. The highest BCUT2D eigenvalue weighted by atomic mass is 16.5. The van der Waals surface area contributed by atoms with E-state index in [0.29, 0.717) is 35.1 Å². The number of rotatable bonds is 8. The topological polar surface area (TPSA) is 117 Å². The Morgan fingerprint density at radius 3 is 2.46 bits per heavy atom. The minimum Gasteiger partial charge on any atom is -0.492 e. The van der Waals surface area contributed by atoms with E-state index in [1.54, 1.807) is 6.07 Å². The fraction of sp³-hybridized carbons (Fsp3) is 0.393. The summed E-state index contributed by atoms with van der Waals surface area (Å²) in [5, 5.41) is 10.0. The molecule has 0 aliphatic carbocycles. The molecule has 0 atom stereocenters. The maximum absolute atomic E-state index is 12.0. The van der Waals surface area contributed by atoms with Crippen LogP contribution in [-0.2, 0) is 0 Å². The molecule has 2 aliphatic rings. The van der Waals surface area contributed by atoms with Gasteiger partial charge in [0.2, 0.25) is 0 Å². The van der Waals surface area contributed by atoms with E-state index in [-0.39, 0.29) is 5.56 Å². The first-order valence-corrected chi connectivity index (χ1v) is 13.0. The van der Waals surface area contributed by atoms with Crippen LogP contribution in [0.1, 0.15) is 43.0 Å². The number of amides is 1. The second kappa shape index (κ2) is 11.0. The van der Waals surface area contributed by atoms with Gasteiger partial charge in [0.1, 0.15) is 17.4 Å². The highest BCUT2D eigenvalue weighted by Crippen LogP contribution is 2.40. The summed E-state index contributed by atoms with van der Waals surface area (Å²) >= 11 is 0. The van der Waals surface area contributed by atoms with Crippen LogP contribution in [0.3, 0.4) is 0 Å². The minimum absolute atomic E-state index is 0.289. The molecule has 2 fully saturated rings. The molecule has 0 unspecified atom stereocenters. The Hall–Kier alpha value is -3.85.